The summed E-state index contributed by atoms with van der Waals surface area (Å²) < 4.78 is 1.51. The van der Waals surface area contributed by atoms with E-state index >= 15 is 0 Å². The van der Waals surface area contributed by atoms with E-state index in [1.807, 2.05) is 24.3 Å². The van der Waals surface area contributed by atoms with E-state index in [2.05, 4.69) is 80.6 Å². The Kier molecular flexibility index (Phi) is 18.9. The molecule has 0 aliphatic heterocycles. The first-order valence-corrected chi connectivity index (χ1v) is 8.98. The maximum Gasteiger partial charge on any atom is -0.0809 e. The van der Waals surface area contributed by atoms with Crippen LogP contribution in [0.25, 0.3) is 10.8 Å². The Balaban J connectivity index is 0. The minimum atomic E-state index is 0. The van der Waals surface area contributed by atoms with Crippen LogP contribution in [0.4, 0.5) is 0 Å². The molecule has 2 aromatic carbocycles. The molecule has 0 amide bonds. The van der Waals surface area contributed by atoms with Crippen LogP contribution in [0, 0.1) is 12.2 Å². The van der Waals surface area contributed by atoms with Crippen LogP contribution in [0.3, 0.4) is 0 Å². The van der Waals surface area contributed by atoms with Gasteiger partial charge in [-0.15, -0.1) is 67.3 Å². The Labute approximate surface area is 179 Å². The Morgan fingerprint density at radius 1 is 0.920 bits per heavy atom. The molecule has 0 atom stereocenters. The second-order valence-corrected chi connectivity index (χ2v) is 7.62. The summed E-state index contributed by atoms with van der Waals surface area (Å²) in [4.78, 5) is 0. The normalized spacial score (nSPS) is 11.7. The van der Waals surface area contributed by atoms with E-state index in [4.69, 9.17) is 0 Å². The average molecular weight is 452 g/mol. The van der Waals surface area contributed by atoms with Crippen molar-refractivity contribution in [3.63, 3.8) is 0 Å². The fraction of sp³-hybridized carbons (Fsp3) is 0.182. The van der Waals surface area contributed by atoms with Gasteiger partial charge in [0.25, 0.3) is 0 Å². The van der Waals surface area contributed by atoms with Crippen LogP contribution >= 0.6 is 24.8 Å². The third-order valence-corrected chi connectivity index (χ3v) is 2.72. The molecule has 2 aliphatic carbocycles. The van der Waals surface area contributed by atoms with Crippen LogP contribution in [-0.4, -0.2) is 3.21 Å². The van der Waals surface area contributed by atoms with Crippen LogP contribution in [0.15, 0.2) is 78.9 Å². The van der Waals surface area contributed by atoms with Gasteiger partial charge < -0.3 is 0 Å². The molecule has 2 aromatic rings. The zero-order chi connectivity index (χ0) is 16.8. The Bertz CT molecular complexity index is 615. The van der Waals surface area contributed by atoms with Crippen LogP contribution in [0.5, 0.6) is 0 Å². The smallest absolute Gasteiger partial charge is 0.0809 e. The summed E-state index contributed by atoms with van der Waals surface area (Å²) in [5.41, 5.74) is 0. The van der Waals surface area contributed by atoms with Crippen LogP contribution in [0.1, 0.15) is 26.7 Å². The molecule has 0 saturated carbocycles. The van der Waals surface area contributed by atoms with Crippen molar-refractivity contribution < 1.29 is 24.2 Å². The van der Waals surface area contributed by atoms with Gasteiger partial charge in [0, 0.05) is 0 Å². The second-order valence-electron chi connectivity index (χ2n) is 5.16. The van der Waals surface area contributed by atoms with Gasteiger partial charge in [0.1, 0.15) is 0 Å². The second kappa shape index (κ2) is 17.9. The van der Waals surface area contributed by atoms with Crippen molar-refractivity contribution in [2.45, 2.75) is 26.7 Å². The summed E-state index contributed by atoms with van der Waals surface area (Å²) in [7, 11) is 0. The Morgan fingerprint density at radius 3 is 1.80 bits per heavy atom. The summed E-state index contributed by atoms with van der Waals surface area (Å²) in [6.45, 7) is 4.25. The first kappa shape index (κ1) is 26.4. The van der Waals surface area contributed by atoms with E-state index < -0.39 is 0 Å². The molecule has 0 spiro atoms. The maximum atomic E-state index is 2.99. The van der Waals surface area contributed by atoms with Gasteiger partial charge in [0.15, 0.2) is 0 Å². The molecule has 0 saturated heterocycles. The summed E-state index contributed by atoms with van der Waals surface area (Å²) in [6, 6.07) is 14.7. The molecule has 3 heteroatoms. The molecule has 0 aromatic heterocycles. The number of allylic oxidation sites excluding steroid dienone is 8. The standard InChI is InChI=1S/C9H7.2C5H5.C3H6.2ClH.Zr/c1-2-5-9-7-3-6-8(9)4-1;2*1-2-4-5-3-1;1-3-2;;;/h1-7H;2*1-3H,4H2;1-2H3;2*1H;/q3*-1;;;;. The number of benzene rings is 1. The third kappa shape index (κ3) is 15.1. The Morgan fingerprint density at radius 2 is 1.44 bits per heavy atom. The number of fused-ring (bicyclic) bond motifs is 1. The molecular formula is C22H25Cl2Zr-3. The van der Waals surface area contributed by atoms with Crippen molar-refractivity contribution in [1.82, 2.24) is 0 Å². The average Bonchev–Trinajstić information content (AvgIpc) is 3.31. The van der Waals surface area contributed by atoms with Gasteiger partial charge in [-0.3, -0.25) is 12.2 Å². The van der Waals surface area contributed by atoms with Crippen molar-refractivity contribution in [2.24, 2.45) is 0 Å². The topological polar surface area (TPSA) is 0 Å². The summed E-state index contributed by atoms with van der Waals surface area (Å²) >= 11 is 1.55. The predicted molar refractivity (Wildman–Crippen MR) is 114 cm³/mol. The number of hydrogen-bond acceptors (Lipinski definition) is 0. The molecule has 25 heavy (non-hydrogen) atoms. The SMILES string of the molecule is C[C](C)=[Zr].Cl.Cl.[C-]1=CC=CC1.[C-]1=CC=CC1.c1ccc2[cH-]ccc2c1. The number of rotatable bonds is 0. The van der Waals surface area contributed by atoms with E-state index in [1.54, 1.807) is 24.2 Å². The Hall–Kier alpha value is -0.877. The van der Waals surface area contributed by atoms with Gasteiger partial charge in [-0.2, -0.15) is 29.7 Å². The minimum absolute atomic E-state index is 0. The zero-order valence-corrected chi connectivity index (χ0v) is 18.8. The molecule has 0 bridgehead atoms. The first-order chi connectivity index (χ1) is 11.2. The zero-order valence-electron chi connectivity index (χ0n) is 14.7. The molecule has 0 unspecified atom stereocenters. The van der Waals surface area contributed by atoms with E-state index in [9.17, 15) is 0 Å². The molecular weight excluding hydrogens is 426 g/mol. The summed E-state index contributed by atoms with van der Waals surface area (Å²) in [6.07, 6.45) is 20.0. The maximum absolute atomic E-state index is 2.99. The molecule has 0 heterocycles. The summed E-state index contributed by atoms with van der Waals surface area (Å²) in [5, 5.41) is 2.66. The van der Waals surface area contributed by atoms with Gasteiger partial charge in [0.05, 0.1) is 0 Å². The van der Waals surface area contributed by atoms with E-state index in [0.29, 0.717) is 0 Å². The largest absolute Gasteiger partial charge is 0.273 e. The quantitative estimate of drug-likeness (QED) is 0.388. The third-order valence-electron chi connectivity index (χ3n) is 2.72. The van der Waals surface area contributed by atoms with Crippen molar-refractivity contribution >= 4 is 38.8 Å². The number of hydrogen-bond donors (Lipinski definition) is 0. The predicted octanol–water partition coefficient (Wildman–Crippen LogP) is 6.76. The summed E-state index contributed by atoms with van der Waals surface area (Å²) in [5.74, 6) is 0. The molecule has 134 valence electrons. The molecule has 0 radical (unpaired) electrons. The van der Waals surface area contributed by atoms with E-state index in [1.165, 1.54) is 14.0 Å². The van der Waals surface area contributed by atoms with Crippen molar-refractivity contribution in [3.05, 3.63) is 91.1 Å². The van der Waals surface area contributed by atoms with Crippen molar-refractivity contribution in [2.75, 3.05) is 0 Å². The van der Waals surface area contributed by atoms with Gasteiger partial charge in [-0.1, -0.05) is 6.07 Å². The van der Waals surface area contributed by atoms with Crippen molar-refractivity contribution in [1.29, 1.82) is 0 Å². The molecule has 0 nitrogen and oxygen atoms in total. The fourth-order valence-electron chi connectivity index (χ4n) is 1.75. The molecule has 0 N–H and O–H groups in total. The van der Waals surface area contributed by atoms with Crippen LogP contribution in [0.2, 0.25) is 0 Å². The fourth-order valence-corrected chi connectivity index (χ4v) is 1.75. The monoisotopic (exact) mass is 449 g/mol. The molecule has 0 fully saturated rings. The van der Waals surface area contributed by atoms with Gasteiger partial charge >= 0.3 is 41.3 Å². The van der Waals surface area contributed by atoms with Gasteiger partial charge in [-0.25, -0.2) is 24.3 Å². The minimum Gasteiger partial charge on any atom is -0.273 e. The van der Waals surface area contributed by atoms with Crippen LogP contribution < -0.4 is 0 Å². The van der Waals surface area contributed by atoms with Crippen molar-refractivity contribution in [3.8, 4) is 0 Å². The first-order valence-electron chi connectivity index (χ1n) is 7.76. The van der Waals surface area contributed by atoms with Crippen LogP contribution in [-0.2, 0) is 24.2 Å². The number of halogens is 2. The van der Waals surface area contributed by atoms with Gasteiger partial charge in [0.2, 0.25) is 0 Å². The molecule has 4 rings (SSSR count). The van der Waals surface area contributed by atoms with Gasteiger partial charge in [-0.05, 0) is 0 Å². The van der Waals surface area contributed by atoms with E-state index in [0.717, 1.165) is 12.8 Å². The van der Waals surface area contributed by atoms with E-state index in [-0.39, 0.29) is 24.8 Å². The molecule has 2 aliphatic rings.